The molecular formula is C12H17FINO4S2. The summed E-state index contributed by atoms with van der Waals surface area (Å²) in [5.74, 6) is -0.970. The van der Waals surface area contributed by atoms with E-state index in [0.717, 1.165) is 41.7 Å². The zero-order valence-electron chi connectivity index (χ0n) is 11.5. The number of halogens is 2. The quantitative estimate of drug-likeness (QED) is 0.286. The van der Waals surface area contributed by atoms with Gasteiger partial charge in [-0.15, -0.1) is 0 Å². The number of unbranched alkanes of at least 4 members (excludes halogenated alkanes) is 2. The lowest BCUT2D eigenvalue weighted by atomic mass is 10.3. The molecule has 0 saturated heterocycles. The lowest BCUT2D eigenvalue weighted by molar-refractivity contribution is 0.552. The average Bonchev–Trinajstić information content (AvgIpc) is 2.37. The first kappa shape index (κ1) is 18.8. The van der Waals surface area contributed by atoms with Crippen molar-refractivity contribution in [1.82, 2.24) is 4.72 Å². The summed E-state index contributed by atoms with van der Waals surface area (Å²) < 4.78 is 63.8. The predicted molar refractivity (Wildman–Crippen MR) is 87.4 cm³/mol. The van der Waals surface area contributed by atoms with E-state index in [2.05, 4.69) is 27.3 Å². The number of benzene rings is 1. The van der Waals surface area contributed by atoms with Crippen LogP contribution in [-0.4, -0.2) is 34.1 Å². The van der Waals surface area contributed by atoms with Crippen LogP contribution in [0.2, 0.25) is 0 Å². The highest BCUT2D eigenvalue weighted by Crippen LogP contribution is 2.19. The molecule has 1 rings (SSSR count). The summed E-state index contributed by atoms with van der Waals surface area (Å²) in [5.41, 5.74) is 0. The van der Waals surface area contributed by atoms with Crippen molar-refractivity contribution in [1.29, 1.82) is 0 Å². The molecule has 0 radical (unpaired) electrons. The fourth-order valence-electron chi connectivity index (χ4n) is 1.60. The highest BCUT2D eigenvalue weighted by Gasteiger charge is 2.21. The van der Waals surface area contributed by atoms with Gasteiger partial charge >= 0.3 is 0 Å². The summed E-state index contributed by atoms with van der Waals surface area (Å²) in [6.07, 6.45) is 3.45. The Bertz CT molecular complexity index is 689. The second-order valence-electron chi connectivity index (χ2n) is 4.51. The molecule has 120 valence electrons. The van der Waals surface area contributed by atoms with Crippen molar-refractivity contribution in [3.8, 4) is 0 Å². The fraction of sp³-hybridized carbons (Fsp3) is 0.500. The van der Waals surface area contributed by atoms with Crippen LogP contribution in [0.25, 0.3) is 0 Å². The van der Waals surface area contributed by atoms with Crippen LogP contribution in [0.4, 0.5) is 4.39 Å². The van der Waals surface area contributed by atoms with Gasteiger partial charge in [-0.25, -0.2) is 25.9 Å². The molecule has 9 heteroatoms. The Labute approximate surface area is 138 Å². The second-order valence-corrected chi connectivity index (χ2v) is 9.34. The summed E-state index contributed by atoms with van der Waals surface area (Å²) in [4.78, 5) is -0.867. The highest BCUT2D eigenvalue weighted by atomic mass is 127. The van der Waals surface area contributed by atoms with Crippen molar-refractivity contribution < 1.29 is 21.2 Å². The Kier molecular flexibility index (Phi) is 7.01. The van der Waals surface area contributed by atoms with Crippen LogP contribution in [0.3, 0.4) is 0 Å². The van der Waals surface area contributed by atoms with Crippen molar-refractivity contribution in [2.24, 2.45) is 0 Å². The Morgan fingerprint density at radius 3 is 2.38 bits per heavy atom. The van der Waals surface area contributed by atoms with E-state index in [1.165, 1.54) is 0 Å². The number of alkyl halides is 1. The first-order valence-electron chi connectivity index (χ1n) is 6.24. The van der Waals surface area contributed by atoms with E-state index in [-0.39, 0.29) is 11.4 Å². The van der Waals surface area contributed by atoms with Gasteiger partial charge in [0.1, 0.15) is 10.7 Å². The minimum absolute atomic E-state index is 0.196. The minimum Gasteiger partial charge on any atom is -0.224 e. The van der Waals surface area contributed by atoms with Crippen molar-refractivity contribution >= 4 is 42.5 Å². The van der Waals surface area contributed by atoms with E-state index in [4.69, 9.17) is 0 Å². The minimum atomic E-state index is -4.05. The average molecular weight is 449 g/mol. The summed E-state index contributed by atoms with van der Waals surface area (Å²) in [6, 6.07) is 2.74. The van der Waals surface area contributed by atoms with Gasteiger partial charge in [-0.2, -0.15) is 0 Å². The standard InChI is InChI=1S/C12H17FINO4S2/c1-20(16,17)10-5-6-11(13)12(9-10)21(18,19)15-8-4-2-3-7-14/h5-6,9,15H,2-4,7-8H2,1H3. The van der Waals surface area contributed by atoms with Crippen LogP contribution < -0.4 is 4.72 Å². The van der Waals surface area contributed by atoms with E-state index in [1.807, 2.05) is 0 Å². The number of rotatable bonds is 8. The largest absolute Gasteiger partial charge is 0.243 e. The lowest BCUT2D eigenvalue weighted by Crippen LogP contribution is -2.26. The molecule has 0 saturated carbocycles. The van der Waals surface area contributed by atoms with E-state index >= 15 is 0 Å². The van der Waals surface area contributed by atoms with Crippen LogP contribution in [0.5, 0.6) is 0 Å². The Balaban J connectivity index is 2.92. The van der Waals surface area contributed by atoms with Crippen LogP contribution in [0, 0.1) is 5.82 Å². The van der Waals surface area contributed by atoms with Gasteiger partial charge in [0.25, 0.3) is 0 Å². The number of sulfone groups is 1. The molecule has 5 nitrogen and oxygen atoms in total. The Hall–Kier alpha value is -0.260. The molecule has 1 aromatic rings. The summed E-state index contributed by atoms with van der Waals surface area (Å²) in [6.45, 7) is 0.196. The maximum absolute atomic E-state index is 13.7. The molecule has 0 heterocycles. The highest BCUT2D eigenvalue weighted by molar-refractivity contribution is 14.1. The van der Waals surface area contributed by atoms with E-state index in [9.17, 15) is 21.2 Å². The topological polar surface area (TPSA) is 80.3 Å². The zero-order valence-corrected chi connectivity index (χ0v) is 15.3. The van der Waals surface area contributed by atoms with Crippen LogP contribution in [0.1, 0.15) is 19.3 Å². The van der Waals surface area contributed by atoms with Crippen molar-refractivity contribution in [3.05, 3.63) is 24.0 Å². The number of sulfonamides is 1. The van der Waals surface area contributed by atoms with Gasteiger partial charge in [-0.3, -0.25) is 0 Å². The number of hydrogen-bond donors (Lipinski definition) is 1. The van der Waals surface area contributed by atoms with Gasteiger partial charge in [0.2, 0.25) is 10.0 Å². The van der Waals surface area contributed by atoms with Gasteiger partial charge < -0.3 is 0 Å². The molecule has 0 aliphatic carbocycles. The molecular weight excluding hydrogens is 432 g/mol. The molecule has 0 aromatic heterocycles. The van der Waals surface area contributed by atoms with Gasteiger partial charge in [0, 0.05) is 12.8 Å². The third-order valence-corrected chi connectivity index (χ3v) is 6.07. The molecule has 0 atom stereocenters. The van der Waals surface area contributed by atoms with Crippen molar-refractivity contribution in [3.63, 3.8) is 0 Å². The monoisotopic (exact) mass is 449 g/mol. The van der Waals surface area contributed by atoms with Crippen LogP contribution in [0.15, 0.2) is 28.0 Å². The van der Waals surface area contributed by atoms with Crippen LogP contribution in [-0.2, 0) is 19.9 Å². The fourth-order valence-corrected chi connectivity index (χ4v) is 4.04. The number of nitrogens with one attached hydrogen (secondary N) is 1. The summed E-state index contributed by atoms with van der Waals surface area (Å²) in [7, 11) is -7.65. The maximum Gasteiger partial charge on any atom is 0.243 e. The Morgan fingerprint density at radius 1 is 1.14 bits per heavy atom. The zero-order chi connectivity index (χ0) is 16.1. The molecule has 0 fully saturated rings. The maximum atomic E-state index is 13.7. The van der Waals surface area contributed by atoms with Crippen molar-refractivity contribution in [2.75, 3.05) is 17.2 Å². The Morgan fingerprint density at radius 2 is 1.81 bits per heavy atom. The first-order chi connectivity index (χ1) is 9.68. The van der Waals surface area contributed by atoms with E-state index in [0.29, 0.717) is 6.42 Å². The van der Waals surface area contributed by atoms with Crippen LogP contribution >= 0.6 is 22.6 Å². The summed E-state index contributed by atoms with van der Waals surface area (Å²) in [5, 5.41) is 0. The normalized spacial score (nSPS) is 12.5. The third-order valence-electron chi connectivity index (χ3n) is 2.72. The molecule has 1 N–H and O–H groups in total. The van der Waals surface area contributed by atoms with Gasteiger partial charge in [0.05, 0.1) is 4.90 Å². The SMILES string of the molecule is CS(=O)(=O)c1ccc(F)c(S(=O)(=O)NCCCCCI)c1. The third kappa shape index (κ3) is 5.80. The van der Waals surface area contributed by atoms with Crippen molar-refractivity contribution in [2.45, 2.75) is 29.1 Å². The lowest BCUT2D eigenvalue weighted by Gasteiger charge is -2.09. The summed E-state index contributed by atoms with van der Waals surface area (Å²) >= 11 is 2.23. The molecule has 1 aromatic carbocycles. The van der Waals surface area contributed by atoms with Gasteiger partial charge in [0.15, 0.2) is 9.84 Å². The smallest absolute Gasteiger partial charge is 0.224 e. The molecule has 0 aliphatic heterocycles. The van der Waals surface area contributed by atoms with Gasteiger partial charge in [-0.05, 0) is 35.5 Å². The predicted octanol–water partition coefficient (Wildman–Crippen LogP) is 2.11. The molecule has 0 amide bonds. The number of hydrogen-bond acceptors (Lipinski definition) is 4. The first-order valence-corrected chi connectivity index (χ1v) is 11.1. The molecule has 0 unspecified atom stereocenters. The van der Waals surface area contributed by atoms with E-state index in [1.54, 1.807) is 0 Å². The van der Waals surface area contributed by atoms with Gasteiger partial charge in [-0.1, -0.05) is 29.0 Å². The molecule has 0 bridgehead atoms. The molecule has 0 aliphatic rings. The molecule has 21 heavy (non-hydrogen) atoms. The molecule has 0 spiro atoms. The van der Waals surface area contributed by atoms with E-state index < -0.39 is 30.6 Å². The second kappa shape index (κ2) is 7.84.